The highest BCUT2D eigenvalue weighted by atomic mass is 19.1. The van der Waals surface area contributed by atoms with Gasteiger partial charge in [0.25, 0.3) is 0 Å². The van der Waals surface area contributed by atoms with Gasteiger partial charge in [0.1, 0.15) is 11.6 Å². The predicted molar refractivity (Wildman–Crippen MR) is 67.5 cm³/mol. The molecular formula is C14H11F2NO3. The van der Waals surface area contributed by atoms with Gasteiger partial charge in [-0.2, -0.15) is 0 Å². The van der Waals surface area contributed by atoms with Crippen molar-refractivity contribution < 1.29 is 23.0 Å². The third-order valence-corrected chi connectivity index (χ3v) is 2.70. The van der Waals surface area contributed by atoms with Gasteiger partial charge in [-0.05, 0) is 18.2 Å². The Morgan fingerprint density at radius 1 is 1.20 bits per heavy atom. The van der Waals surface area contributed by atoms with Gasteiger partial charge < -0.3 is 9.47 Å². The van der Waals surface area contributed by atoms with Gasteiger partial charge in [0.15, 0.2) is 5.82 Å². The lowest BCUT2D eigenvalue weighted by Gasteiger charge is -2.09. The van der Waals surface area contributed by atoms with Crippen LogP contribution in [-0.4, -0.2) is 25.2 Å². The van der Waals surface area contributed by atoms with E-state index in [0.29, 0.717) is 5.56 Å². The van der Waals surface area contributed by atoms with Crippen LogP contribution in [0.4, 0.5) is 8.78 Å². The first-order valence-corrected chi connectivity index (χ1v) is 5.64. The molecular weight excluding hydrogens is 268 g/mol. The zero-order chi connectivity index (χ0) is 14.7. The van der Waals surface area contributed by atoms with Crippen molar-refractivity contribution in [1.29, 1.82) is 0 Å². The molecule has 2 aromatic rings. The van der Waals surface area contributed by atoms with Crippen molar-refractivity contribution in [2.75, 3.05) is 14.2 Å². The number of pyridine rings is 1. The number of carbonyl (C=O) groups excluding carboxylic acids is 1. The van der Waals surface area contributed by atoms with Gasteiger partial charge >= 0.3 is 5.97 Å². The summed E-state index contributed by atoms with van der Waals surface area (Å²) in [6, 6.07) is 5.07. The number of hydrogen-bond acceptors (Lipinski definition) is 4. The van der Waals surface area contributed by atoms with Crippen LogP contribution in [0.1, 0.15) is 10.4 Å². The molecule has 1 heterocycles. The molecule has 0 aliphatic rings. The smallest absolute Gasteiger partial charge is 0.340 e. The third kappa shape index (κ3) is 2.59. The Morgan fingerprint density at radius 2 is 1.95 bits per heavy atom. The maximum Gasteiger partial charge on any atom is 0.340 e. The molecule has 0 saturated heterocycles. The van der Waals surface area contributed by atoms with Crippen molar-refractivity contribution in [2.24, 2.45) is 0 Å². The van der Waals surface area contributed by atoms with E-state index in [1.807, 2.05) is 0 Å². The molecule has 20 heavy (non-hydrogen) atoms. The molecule has 0 radical (unpaired) electrons. The van der Waals surface area contributed by atoms with Gasteiger partial charge in [-0.25, -0.2) is 13.6 Å². The number of carbonyl (C=O) groups is 1. The van der Waals surface area contributed by atoms with E-state index in [4.69, 9.17) is 4.74 Å². The van der Waals surface area contributed by atoms with E-state index in [1.165, 1.54) is 31.4 Å². The molecule has 0 bridgehead atoms. The van der Waals surface area contributed by atoms with E-state index in [0.717, 1.165) is 13.3 Å². The Kier molecular flexibility index (Phi) is 3.93. The summed E-state index contributed by atoms with van der Waals surface area (Å²) in [5.41, 5.74) is 0.478. The molecule has 104 valence electrons. The fourth-order valence-corrected chi connectivity index (χ4v) is 1.73. The van der Waals surface area contributed by atoms with Gasteiger partial charge in [0, 0.05) is 11.6 Å². The number of benzene rings is 1. The number of halogens is 2. The maximum absolute atomic E-state index is 13.5. The normalized spacial score (nSPS) is 10.2. The molecule has 6 heteroatoms. The van der Waals surface area contributed by atoms with Gasteiger partial charge in [0.2, 0.25) is 0 Å². The molecule has 1 aromatic carbocycles. The summed E-state index contributed by atoms with van der Waals surface area (Å²) in [6.45, 7) is 0. The Balaban J connectivity index is 2.56. The second kappa shape index (κ2) is 5.64. The Bertz CT molecular complexity index is 659. The highest BCUT2D eigenvalue weighted by Gasteiger charge is 2.16. The van der Waals surface area contributed by atoms with Crippen LogP contribution in [-0.2, 0) is 4.74 Å². The topological polar surface area (TPSA) is 48.4 Å². The Morgan fingerprint density at radius 3 is 2.60 bits per heavy atom. The molecule has 1 aromatic heterocycles. The first kappa shape index (κ1) is 13.9. The highest BCUT2D eigenvalue weighted by molar-refractivity contribution is 5.91. The van der Waals surface area contributed by atoms with Crippen molar-refractivity contribution >= 4 is 5.97 Å². The minimum Gasteiger partial charge on any atom is -0.496 e. The first-order valence-electron chi connectivity index (χ1n) is 5.64. The number of esters is 1. The minimum atomic E-state index is -0.813. The maximum atomic E-state index is 13.5. The standard InChI is InChI=1S/C14H11F2NO3/c1-19-13-5-8(15)3-4-9(13)12-6-10(14(18)20-2)11(16)7-17-12/h3-7H,1-2H3. The van der Waals surface area contributed by atoms with E-state index in [-0.39, 0.29) is 17.0 Å². The largest absolute Gasteiger partial charge is 0.496 e. The first-order chi connectivity index (χ1) is 9.56. The molecule has 2 rings (SSSR count). The monoisotopic (exact) mass is 279 g/mol. The van der Waals surface area contributed by atoms with Crippen LogP contribution in [0.15, 0.2) is 30.5 Å². The van der Waals surface area contributed by atoms with E-state index in [9.17, 15) is 13.6 Å². The number of methoxy groups -OCH3 is 2. The fourth-order valence-electron chi connectivity index (χ4n) is 1.73. The minimum absolute atomic E-state index is 0.236. The molecule has 0 saturated carbocycles. The molecule has 4 nitrogen and oxygen atoms in total. The second-order valence-electron chi connectivity index (χ2n) is 3.89. The summed E-state index contributed by atoms with van der Waals surface area (Å²) in [5, 5.41) is 0. The van der Waals surface area contributed by atoms with Crippen LogP contribution >= 0.6 is 0 Å². The van der Waals surface area contributed by atoms with E-state index in [1.54, 1.807) is 0 Å². The van der Waals surface area contributed by atoms with Crippen LogP contribution in [0.2, 0.25) is 0 Å². The number of ether oxygens (including phenoxy) is 2. The summed E-state index contributed by atoms with van der Waals surface area (Å²) >= 11 is 0. The lowest BCUT2D eigenvalue weighted by Crippen LogP contribution is -2.05. The number of aromatic nitrogens is 1. The van der Waals surface area contributed by atoms with Gasteiger partial charge in [0.05, 0.1) is 31.7 Å². The van der Waals surface area contributed by atoms with Crippen LogP contribution in [0, 0.1) is 11.6 Å². The SMILES string of the molecule is COC(=O)c1cc(-c2ccc(F)cc2OC)ncc1F. The number of rotatable bonds is 3. The Hall–Kier alpha value is -2.50. The fraction of sp³-hybridized carbons (Fsp3) is 0.143. The van der Waals surface area contributed by atoms with Crippen molar-refractivity contribution in [3.8, 4) is 17.0 Å². The van der Waals surface area contributed by atoms with E-state index < -0.39 is 17.6 Å². The highest BCUT2D eigenvalue weighted by Crippen LogP contribution is 2.30. The van der Waals surface area contributed by atoms with Crippen LogP contribution in [0.5, 0.6) is 5.75 Å². The third-order valence-electron chi connectivity index (χ3n) is 2.70. The van der Waals surface area contributed by atoms with Crippen molar-refractivity contribution in [2.45, 2.75) is 0 Å². The molecule has 0 unspecified atom stereocenters. The quantitative estimate of drug-likeness (QED) is 0.811. The molecule has 0 spiro atoms. The summed E-state index contributed by atoms with van der Waals surface area (Å²) < 4.78 is 36.2. The zero-order valence-corrected chi connectivity index (χ0v) is 10.8. The number of hydrogen-bond donors (Lipinski definition) is 0. The Labute approximate surface area is 114 Å². The molecule has 0 atom stereocenters. The van der Waals surface area contributed by atoms with Crippen molar-refractivity contribution in [3.63, 3.8) is 0 Å². The molecule has 0 amide bonds. The van der Waals surface area contributed by atoms with E-state index in [2.05, 4.69) is 9.72 Å². The predicted octanol–water partition coefficient (Wildman–Crippen LogP) is 2.82. The zero-order valence-electron chi connectivity index (χ0n) is 10.8. The molecule has 0 aliphatic carbocycles. The van der Waals surface area contributed by atoms with Gasteiger partial charge in [-0.1, -0.05) is 0 Å². The van der Waals surface area contributed by atoms with E-state index >= 15 is 0 Å². The van der Waals surface area contributed by atoms with Gasteiger partial charge in [-0.3, -0.25) is 4.98 Å². The summed E-state index contributed by atoms with van der Waals surface area (Å²) in [6.07, 6.45) is 0.907. The average molecular weight is 279 g/mol. The molecule has 0 aliphatic heterocycles. The van der Waals surface area contributed by atoms with Crippen molar-refractivity contribution in [3.05, 3.63) is 47.7 Å². The van der Waals surface area contributed by atoms with Crippen LogP contribution in [0.25, 0.3) is 11.3 Å². The molecule has 0 N–H and O–H groups in total. The van der Waals surface area contributed by atoms with Crippen molar-refractivity contribution in [1.82, 2.24) is 4.98 Å². The summed E-state index contributed by atoms with van der Waals surface area (Å²) in [4.78, 5) is 15.3. The van der Waals surface area contributed by atoms with Crippen LogP contribution in [0.3, 0.4) is 0 Å². The lowest BCUT2D eigenvalue weighted by atomic mass is 10.1. The van der Waals surface area contributed by atoms with Gasteiger partial charge in [-0.15, -0.1) is 0 Å². The summed E-state index contributed by atoms with van der Waals surface area (Å²) in [5.74, 6) is -1.84. The average Bonchev–Trinajstić information content (AvgIpc) is 2.47. The molecule has 0 fully saturated rings. The lowest BCUT2D eigenvalue weighted by molar-refractivity contribution is 0.0595. The van der Waals surface area contributed by atoms with Crippen LogP contribution < -0.4 is 4.74 Å². The number of nitrogens with zero attached hydrogens (tertiary/aromatic N) is 1. The second-order valence-corrected chi connectivity index (χ2v) is 3.89. The summed E-state index contributed by atoms with van der Waals surface area (Å²) in [7, 11) is 2.53.